The summed E-state index contributed by atoms with van der Waals surface area (Å²) in [5, 5.41) is 16.5. The Bertz CT molecular complexity index is 1110. The largest absolute Gasteiger partial charge is 0.481 e. The van der Waals surface area contributed by atoms with Gasteiger partial charge in [0, 0.05) is 37.8 Å². The molecule has 1 fully saturated rings. The lowest BCUT2D eigenvalue weighted by molar-refractivity contribution is -0.145. The van der Waals surface area contributed by atoms with E-state index in [-0.39, 0.29) is 54.1 Å². The predicted molar refractivity (Wildman–Crippen MR) is 130 cm³/mol. The van der Waals surface area contributed by atoms with Gasteiger partial charge in [-0.1, -0.05) is 25.4 Å². The molecule has 1 aromatic heterocycles. The second kappa shape index (κ2) is 12.1. The van der Waals surface area contributed by atoms with Crippen molar-refractivity contribution in [2.24, 2.45) is 5.92 Å². The van der Waals surface area contributed by atoms with Crippen molar-refractivity contribution in [3.63, 3.8) is 0 Å². The van der Waals surface area contributed by atoms with E-state index >= 15 is 0 Å². The number of amides is 1. The molecule has 0 bridgehead atoms. The number of anilines is 1. The zero-order chi connectivity index (χ0) is 27.3. The molecule has 0 unspecified atom stereocenters. The Morgan fingerprint density at radius 3 is 2.51 bits per heavy atom. The fourth-order valence-corrected chi connectivity index (χ4v) is 4.75. The fourth-order valence-electron chi connectivity index (χ4n) is 4.59. The van der Waals surface area contributed by atoms with Gasteiger partial charge in [0.05, 0.1) is 30.1 Å². The maximum atomic E-state index is 14.7. The van der Waals surface area contributed by atoms with E-state index in [9.17, 15) is 27.9 Å². The number of methoxy groups -OCH3 is 1. The number of nitrogens with zero attached hydrogens (tertiary/aromatic N) is 3. The lowest BCUT2D eigenvalue weighted by Crippen LogP contribution is -2.55. The summed E-state index contributed by atoms with van der Waals surface area (Å²) in [6.45, 7) is 1.24. The number of likely N-dealkylation sites (tertiary alicyclic amines) is 1. The normalized spacial score (nSPS) is 16.7. The minimum atomic E-state index is -3.15. The van der Waals surface area contributed by atoms with Crippen LogP contribution in [0.15, 0.2) is 24.4 Å². The molecule has 1 saturated heterocycles. The highest BCUT2D eigenvalue weighted by atomic mass is 35.5. The molecule has 37 heavy (non-hydrogen) atoms. The molecule has 204 valence electrons. The minimum absolute atomic E-state index is 0.0266. The van der Waals surface area contributed by atoms with Crippen LogP contribution < -0.4 is 10.1 Å². The van der Waals surface area contributed by atoms with Crippen molar-refractivity contribution < 1.29 is 37.3 Å². The van der Waals surface area contributed by atoms with E-state index in [2.05, 4.69) is 15.2 Å². The van der Waals surface area contributed by atoms with Gasteiger partial charge in [-0.15, -0.1) is 0 Å². The van der Waals surface area contributed by atoms with E-state index in [1.807, 2.05) is 4.90 Å². The molecule has 1 aromatic carbocycles. The zero-order valence-corrected chi connectivity index (χ0v) is 21.5. The summed E-state index contributed by atoms with van der Waals surface area (Å²) < 4.78 is 51.6. The van der Waals surface area contributed by atoms with Crippen LogP contribution in [0.4, 0.5) is 18.9 Å². The molecular formula is C24H30ClF3N4O5. The van der Waals surface area contributed by atoms with Gasteiger partial charge in [-0.25, -0.2) is 4.39 Å². The Balaban J connectivity index is 1.95. The number of ether oxygens (including phenoxy) is 2. The lowest BCUT2D eigenvalue weighted by atomic mass is 9.85. The quantitative estimate of drug-likeness (QED) is 0.435. The Labute approximate surface area is 217 Å². The van der Waals surface area contributed by atoms with Gasteiger partial charge in [-0.3, -0.25) is 14.3 Å². The van der Waals surface area contributed by atoms with E-state index in [1.54, 1.807) is 13.8 Å². The van der Waals surface area contributed by atoms with Crippen LogP contribution in [0.1, 0.15) is 38.3 Å². The summed E-state index contributed by atoms with van der Waals surface area (Å²) in [4.78, 5) is 27.3. The number of nitrogens with one attached hydrogen (secondary N) is 1. The van der Waals surface area contributed by atoms with Crippen molar-refractivity contribution in [2.45, 2.75) is 44.8 Å². The number of carbonyl (C=O) groups is 2. The number of hydrogen-bond acceptors (Lipinski definition) is 6. The standard InChI is InChI=1S/C24H30ClF3N4O5/c1-14(2)20-17(26)11-29-32(20)24(6-8-31(9-7-24)12-15(13-36-3)21(33)34)22(35)30-18-5-4-16(25)10-19(18)37-23(27)28/h4-5,10-11,14-15,23H,6-9,12-13H2,1-3H3,(H,30,35)(H,33,34)/t15-/m0/s1. The number of halogens is 4. The first-order valence-corrected chi connectivity index (χ1v) is 12.1. The van der Waals surface area contributed by atoms with E-state index in [4.69, 9.17) is 16.3 Å². The predicted octanol–water partition coefficient (Wildman–Crippen LogP) is 4.18. The molecule has 1 aliphatic heterocycles. The number of alkyl halides is 2. The van der Waals surface area contributed by atoms with Crippen molar-refractivity contribution in [2.75, 3.05) is 38.7 Å². The van der Waals surface area contributed by atoms with Crippen molar-refractivity contribution >= 4 is 29.2 Å². The first-order valence-electron chi connectivity index (χ1n) is 11.7. The van der Waals surface area contributed by atoms with Gasteiger partial charge in [-0.05, 0) is 30.9 Å². The van der Waals surface area contributed by atoms with Gasteiger partial charge in [0.15, 0.2) is 11.6 Å². The minimum Gasteiger partial charge on any atom is -0.481 e. The van der Waals surface area contributed by atoms with Crippen molar-refractivity contribution in [1.82, 2.24) is 14.7 Å². The summed E-state index contributed by atoms with van der Waals surface area (Å²) in [6.07, 6.45) is 1.37. The molecule has 1 atom stereocenters. The van der Waals surface area contributed by atoms with Gasteiger partial charge < -0.3 is 24.8 Å². The number of hydrogen-bond donors (Lipinski definition) is 2. The van der Waals surface area contributed by atoms with E-state index in [0.717, 1.165) is 12.3 Å². The topological polar surface area (TPSA) is 106 Å². The van der Waals surface area contributed by atoms with Crippen molar-refractivity contribution in [3.05, 3.63) is 40.9 Å². The fraction of sp³-hybridized carbons (Fsp3) is 0.542. The Morgan fingerprint density at radius 1 is 1.27 bits per heavy atom. The molecule has 13 heteroatoms. The van der Waals surface area contributed by atoms with Crippen LogP contribution in [0, 0.1) is 11.7 Å². The molecule has 3 rings (SSSR count). The highest BCUT2D eigenvalue weighted by Crippen LogP contribution is 2.37. The second-order valence-corrected chi connectivity index (χ2v) is 9.68. The molecule has 0 radical (unpaired) electrons. The molecule has 9 nitrogen and oxygen atoms in total. The SMILES string of the molecule is COC[C@H](CN1CCC(C(=O)Nc2ccc(Cl)cc2OC(F)F)(n2ncc(F)c2C(C)C)CC1)C(=O)O. The number of aliphatic carboxylic acids is 1. The van der Waals surface area contributed by atoms with Crippen LogP contribution in [0.2, 0.25) is 5.02 Å². The van der Waals surface area contributed by atoms with Gasteiger partial charge in [0.1, 0.15) is 5.54 Å². The average molecular weight is 547 g/mol. The summed E-state index contributed by atoms with van der Waals surface area (Å²) in [5.41, 5.74) is -1.17. The monoisotopic (exact) mass is 546 g/mol. The number of benzene rings is 1. The highest BCUT2D eigenvalue weighted by Gasteiger charge is 2.46. The molecule has 1 amide bonds. The summed E-state index contributed by atoms with van der Waals surface area (Å²) in [6, 6.07) is 3.92. The summed E-state index contributed by atoms with van der Waals surface area (Å²) >= 11 is 5.92. The molecule has 2 N–H and O–H groups in total. The van der Waals surface area contributed by atoms with Crippen LogP contribution in [-0.4, -0.2) is 71.6 Å². The number of aromatic nitrogens is 2. The van der Waals surface area contributed by atoms with Crippen LogP contribution in [0.5, 0.6) is 5.75 Å². The van der Waals surface area contributed by atoms with Gasteiger partial charge in [-0.2, -0.15) is 13.9 Å². The first kappa shape index (κ1) is 28.7. The average Bonchev–Trinajstić information content (AvgIpc) is 3.22. The number of piperidine rings is 1. The number of carboxylic acid groups (broad SMARTS) is 1. The van der Waals surface area contributed by atoms with Crippen molar-refractivity contribution in [1.29, 1.82) is 0 Å². The summed E-state index contributed by atoms with van der Waals surface area (Å²) in [7, 11) is 1.42. The smallest absolute Gasteiger partial charge is 0.387 e. The zero-order valence-electron chi connectivity index (χ0n) is 20.7. The summed E-state index contributed by atoms with van der Waals surface area (Å²) in [5.74, 6) is -3.54. The van der Waals surface area contributed by atoms with E-state index in [0.29, 0.717) is 13.1 Å². The number of carbonyl (C=O) groups excluding carboxylic acids is 1. The third kappa shape index (κ3) is 6.55. The van der Waals surface area contributed by atoms with E-state index in [1.165, 1.54) is 23.9 Å². The van der Waals surface area contributed by atoms with Crippen LogP contribution in [0.3, 0.4) is 0 Å². The Morgan fingerprint density at radius 2 is 1.95 bits per heavy atom. The molecule has 2 aromatic rings. The number of rotatable bonds is 11. The maximum Gasteiger partial charge on any atom is 0.387 e. The molecule has 0 aliphatic carbocycles. The third-order valence-corrected chi connectivity index (χ3v) is 6.66. The number of carboxylic acids is 1. The van der Waals surface area contributed by atoms with E-state index < -0.39 is 35.8 Å². The molecule has 2 heterocycles. The highest BCUT2D eigenvalue weighted by molar-refractivity contribution is 6.30. The van der Waals surface area contributed by atoms with Crippen molar-refractivity contribution in [3.8, 4) is 5.75 Å². The van der Waals surface area contributed by atoms with Crippen LogP contribution in [0.25, 0.3) is 0 Å². The molecule has 1 aliphatic rings. The second-order valence-electron chi connectivity index (χ2n) is 9.24. The molecule has 0 spiro atoms. The van der Waals surface area contributed by atoms with Gasteiger partial charge in [0.25, 0.3) is 5.91 Å². The lowest BCUT2D eigenvalue weighted by Gasteiger charge is -2.42. The molecule has 0 saturated carbocycles. The van der Waals surface area contributed by atoms with Gasteiger partial charge >= 0.3 is 12.6 Å². The Kier molecular flexibility index (Phi) is 9.43. The molecular weight excluding hydrogens is 517 g/mol. The third-order valence-electron chi connectivity index (χ3n) is 6.42. The Hall–Kier alpha value is -2.83. The van der Waals surface area contributed by atoms with Crippen LogP contribution in [-0.2, 0) is 19.9 Å². The van der Waals surface area contributed by atoms with Crippen LogP contribution >= 0.6 is 11.6 Å². The maximum absolute atomic E-state index is 14.7. The first-order chi connectivity index (χ1) is 17.5. The van der Waals surface area contributed by atoms with Gasteiger partial charge in [0.2, 0.25) is 0 Å².